The lowest BCUT2D eigenvalue weighted by Gasteiger charge is -2.24. The van der Waals surface area contributed by atoms with Crippen molar-refractivity contribution in [3.05, 3.63) is 35.4 Å². The molecule has 0 saturated heterocycles. The number of aliphatic hydroxyl groups excluding tert-OH is 1. The van der Waals surface area contributed by atoms with Crippen LogP contribution in [-0.2, 0) is 6.54 Å². The topological polar surface area (TPSA) is 32.3 Å². The van der Waals surface area contributed by atoms with Gasteiger partial charge in [0.1, 0.15) is 0 Å². The van der Waals surface area contributed by atoms with E-state index in [1.54, 1.807) is 0 Å². The van der Waals surface area contributed by atoms with Gasteiger partial charge in [-0.25, -0.2) is 0 Å². The first-order chi connectivity index (χ1) is 8.61. The molecule has 0 heterocycles. The highest BCUT2D eigenvalue weighted by Gasteiger charge is 2.23. The van der Waals surface area contributed by atoms with Gasteiger partial charge < -0.3 is 10.4 Å². The number of nitrogens with one attached hydrogen (secondary N) is 1. The fourth-order valence-electron chi connectivity index (χ4n) is 2.31. The van der Waals surface area contributed by atoms with Crippen molar-refractivity contribution in [3.8, 4) is 0 Å². The Labute approximate surface area is 110 Å². The van der Waals surface area contributed by atoms with E-state index < -0.39 is 0 Å². The zero-order valence-corrected chi connectivity index (χ0v) is 11.6. The molecule has 0 atom stereocenters. The molecule has 0 amide bonds. The van der Waals surface area contributed by atoms with Crippen molar-refractivity contribution in [3.63, 3.8) is 0 Å². The summed E-state index contributed by atoms with van der Waals surface area (Å²) in [5.74, 6) is 0.829. The minimum absolute atomic E-state index is 0.169. The SMILES string of the molecule is CC(C)(CCO)CNCc1cccc(C2CC2)c1. The third-order valence-corrected chi connectivity index (χ3v) is 3.72. The molecule has 1 aromatic rings. The molecule has 1 fully saturated rings. The van der Waals surface area contributed by atoms with Crippen LogP contribution in [0.3, 0.4) is 0 Å². The third kappa shape index (κ3) is 4.11. The maximum absolute atomic E-state index is 8.99. The Bertz CT molecular complexity index is 382. The zero-order chi connectivity index (χ0) is 13.0. The zero-order valence-electron chi connectivity index (χ0n) is 11.6. The van der Waals surface area contributed by atoms with E-state index in [1.165, 1.54) is 24.0 Å². The molecule has 0 unspecified atom stereocenters. The normalized spacial score (nSPS) is 15.9. The van der Waals surface area contributed by atoms with Gasteiger partial charge in [0.2, 0.25) is 0 Å². The second-order valence-electron chi connectivity index (χ2n) is 6.26. The van der Waals surface area contributed by atoms with Crippen LogP contribution in [0, 0.1) is 5.41 Å². The number of benzene rings is 1. The van der Waals surface area contributed by atoms with Crippen molar-refractivity contribution >= 4 is 0 Å². The number of rotatable bonds is 7. The van der Waals surface area contributed by atoms with Crippen LogP contribution in [0.2, 0.25) is 0 Å². The van der Waals surface area contributed by atoms with Crippen LogP contribution in [0.15, 0.2) is 24.3 Å². The van der Waals surface area contributed by atoms with E-state index in [-0.39, 0.29) is 12.0 Å². The quantitative estimate of drug-likeness (QED) is 0.776. The maximum Gasteiger partial charge on any atom is 0.0436 e. The first-order valence-electron chi connectivity index (χ1n) is 7.01. The van der Waals surface area contributed by atoms with Gasteiger partial charge in [-0.1, -0.05) is 38.1 Å². The van der Waals surface area contributed by atoms with Crippen molar-refractivity contribution in [2.24, 2.45) is 5.41 Å². The van der Waals surface area contributed by atoms with Gasteiger partial charge in [0.05, 0.1) is 0 Å². The molecule has 1 saturated carbocycles. The van der Waals surface area contributed by atoms with Gasteiger partial charge in [-0.2, -0.15) is 0 Å². The summed E-state index contributed by atoms with van der Waals surface area (Å²) in [6.07, 6.45) is 3.57. The number of hydrogen-bond donors (Lipinski definition) is 2. The number of hydrogen-bond acceptors (Lipinski definition) is 2. The van der Waals surface area contributed by atoms with Crippen LogP contribution in [0.4, 0.5) is 0 Å². The highest BCUT2D eigenvalue weighted by Crippen LogP contribution is 2.40. The highest BCUT2D eigenvalue weighted by atomic mass is 16.3. The van der Waals surface area contributed by atoms with Crippen LogP contribution in [-0.4, -0.2) is 18.3 Å². The van der Waals surface area contributed by atoms with Crippen molar-refractivity contribution < 1.29 is 5.11 Å². The van der Waals surface area contributed by atoms with Gasteiger partial charge in [-0.3, -0.25) is 0 Å². The Morgan fingerprint density at radius 1 is 1.33 bits per heavy atom. The van der Waals surface area contributed by atoms with E-state index in [9.17, 15) is 0 Å². The van der Waals surface area contributed by atoms with E-state index in [0.717, 1.165) is 25.4 Å². The second kappa shape index (κ2) is 5.85. The summed E-state index contributed by atoms with van der Waals surface area (Å²) >= 11 is 0. The lowest BCUT2D eigenvalue weighted by molar-refractivity contribution is 0.207. The standard InChI is InChI=1S/C16H25NO/c1-16(2,8-9-18)12-17-11-13-4-3-5-15(10-13)14-6-7-14/h3-5,10,14,17-18H,6-9,11-12H2,1-2H3. The third-order valence-electron chi connectivity index (χ3n) is 3.72. The molecule has 1 aromatic carbocycles. The molecule has 0 aliphatic heterocycles. The van der Waals surface area contributed by atoms with Crippen molar-refractivity contribution in [2.45, 2.75) is 45.6 Å². The molecule has 0 spiro atoms. The Balaban J connectivity index is 1.81. The van der Waals surface area contributed by atoms with Gasteiger partial charge in [-0.15, -0.1) is 0 Å². The molecular weight excluding hydrogens is 222 g/mol. The summed E-state index contributed by atoms with van der Waals surface area (Å²) in [7, 11) is 0. The largest absolute Gasteiger partial charge is 0.396 e. The smallest absolute Gasteiger partial charge is 0.0436 e. The summed E-state index contributed by atoms with van der Waals surface area (Å²) in [5.41, 5.74) is 3.05. The summed E-state index contributed by atoms with van der Waals surface area (Å²) < 4.78 is 0. The number of aliphatic hydroxyl groups is 1. The monoisotopic (exact) mass is 247 g/mol. The Hall–Kier alpha value is -0.860. The average molecular weight is 247 g/mol. The summed E-state index contributed by atoms with van der Waals surface area (Å²) in [6, 6.07) is 8.95. The van der Waals surface area contributed by atoms with Crippen LogP contribution in [0.1, 0.15) is 50.2 Å². The van der Waals surface area contributed by atoms with Crippen molar-refractivity contribution in [1.29, 1.82) is 0 Å². The Morgan fingerprint density at radius 2 is 2.11 bits per heavy atom. The Kier molecular flexibility index (Phi) is 4.41. The van der Waals surface area contributed by atoms with E-state index in [2.05, 4.69) is 43.4 Å². The van der Waals surface area contributed by atoms with Crippen molar-refractivity contribution in [2.75, 3.05) is 13.2 Å². The molecule has 2 nitrogen and oxygen atoms in total. The van der Waals surface area contributed by atoms with Gasteiger partial charge in [0.15, 0.2) is 0 Å². The molecule has 18 heavy (non-hydrogen) atoms. The molecule has 2 rings (SSSR count). The van der Waals surface area contributed by atoms with Gasteiger partial charge in [0.25, 0.3) is 0 Å². The molecule has 0 radical (unpaired) electrons. The molecule has 2 N–H and O–H groups in total. The first-order valence-corrected chi connectivity index (χ1v) is 7.01. The van der Waals surface area contributed by atoms with Crippen LogP contribution in [0.5, 0.6) is 0 Å². The predicted molar refractivity (Wildman–Crippen MR) is 75.6 cm³/mol. The highest BCUT2D eigenvalue weighted by molar-refractivity contribution is 5.29. The second-order valence-corrected chi connectivity index (χ2v) is 6.26. The maximum atomic E-state index is 8.99. The van der Waals surface area contributed by atoms with Crippen LogP contribution >= 0.6 is 0 Å². The van der Waals surface area contributed by atoms with E-state index in [4.69, 9.17) is 5.11 Å². The van der Waals surface area contributed by atoms with Gasteiger partial charge >= 0.3 is 0 Å². The molecule has 2 heteroatoms. The molecule has 0 bridgehead atoms. The lowest BCUT2D eigenvalue weighted by Crippen LogP contribution is -2.29. The van der Waals surface area contributed by atoms with E-state index in [1.807, 2.05) is 0 Å². The van der Waals surface area contributed by atoms with Crippen molar-refractivity contribution in [1.82, 2.24) is 5.32 Å². The average Bonchev–Trinajstić information content (AvgIpc) is 3.13. The molecule has 100 valence electrons. The Morgan fingerprint density at radius 3 is 2.78 bits per heavy atom. The fourth-order valence-corrected chi connectivity index (χ4v) is 2.31. The fraction of sp³-hybridized carbons (Fsp3) is 0.625. The molecule has 0 aromatic heterocycles. The lowest BCUT2D eigenvalue weighted by atomic mass is 9.90. The van der Waals surface area contributed by atoms with Gasteiger partial charge in [0, 0.05) is 19.7 Å². The molecular formula is C16H25NO. The summed E-state index contributed by atoms with van der Waals surface area (Å²) in [6.45, 7) is 6.52. The van der Waals surface area contributed by atoms with E-state index >= 15 is 0 Å². The minimum Gasteiger partial charge on any atom is -0.396 e. The van der Waals surface area contributed by atoms with Gasteiger partial charge in [-0.05, 0) is 41.7 Å². The summed E-state index contributed by atoms with van der Waals surface area (Å²) in [5, 5.41) is 12.5. The van der Waals surface area contributed by atoms with E-state index in [0.29, 0.717) is 0 Å². The molecule has 1 aliphatic carbocycles. The minimum atomic E-state index is 0.169. The summed E-state index contributed by atoms with van der Waals surface area (Å²) in [4.78, 5) is 0. The van der Waals surface area contributed by atoms with Crippen LogP contribution in [0.25, 0.3) is 0 Å². The molecule has 1 aliphatic rings. The first kappa shape index (κ1) is 13.6. The predicted octanol–water partition coefficient (Wildman–Crippen LogP) is 3.06. The van der Waals surface area contributed by atoms with Crippen LogP contribution < -0.4 is 5.32 Å².